The highest BCUT2D eigenvalue weighted by Crippen LogP contribution is 2.22. The molecule has 0 radical (unpaired) electrons. The van der Waals surface area contributed by atoms with Gasteiger partial charge in [0.1, 0.15) is 5.75 Å². The number of nitrogens with one attached hydrogen (secondary N) is 2. The molecule has 0 aliphatic carbocycles. The fourth-order valence-corrected chi connectivity index (χ4v) is 1.96. The summed E-state index contributed by atoms with van der Waals surface area (Å²) in [5.41, 5.74) is 0.223. The molecule has 1 atom stereocenters. The van der Waals surface area contributed by atoms with E-state index in [4.69, 9.17) is 9.84 Å². The average Bonchev–Trinajstić information content (AvgIpc) is 2.47. The second kappa shape index (κ2) is 8.41. The van der Waals surface area contributed by atoms with E-state index in [0.29, 0.717) is 17.5 Å². The molecular formula is C14H20N2O4S. The van der Waals surface area contributed by atoms with Gasteiger partial charge < -0.3 is 20.5 Å². The molecule has 0 aliphatic heterocycles. The van der Waals surface area contributed by atoms with Gasteiger partial charge in [-0.15, -0.1) is 0 Å². The van der Waals surface area contributed by atoms with Crippen LogP contribution in [0.1, 0.15) is 23.7 Å². The number of methoxy groups -OCH3 is 1. The van der Waals surface area contributed by atoms with Crippen LogP contribution in [0, 0.1) is 0 Å². The Hall–Kier alpha value is -1.89. The summed E-state index contributed by atoms with van der Waals surface area (Å²) < 4.78 is 4.97. The van der Waals surface area contributed by atoms with Crippen LogP contribution in [0.15, 0.2) is 18.2 Å². The Kier molecular flexibility index (Phi) is 6.87. The number of ether oxygens (including phenoxy) is 1. The van der Waals surface area contributed by atoms with Crippen LogP contribution in [-0.4, -0.2) is 42.3 Å². The van der Waals surface area contributed by atoms with E-state index in [0.717, 1.165) is 6.42 Å². The number of carbonyl (C=O) groups excluding carboxylic acids is 1. The van der Waals surface area contributed by atoms with Gasteiger partial charge in [0, 0.05) is 11.8 Å². The maximum absolute atomic E-state index is 11.8. The highest BCUT2D eigenvalue weighted by Gasteiger charge is 2.13. The van der Waals surface area contributed by atoms with Crippen LogP contribution in [-0.2, 0) is 0 Å². The van der Waals surface area contributed by atoms with Crippen molar-refractivity contribution >= 4 is 29.4 Å². The van der Waals surface area contributed by atoms with Crippen LogP contribution < -0.4 is 15.4 Å². The van der Waals surface area contributed by atoms with E-state index < -0.39 is 12.0 Å². The first-order valence-electron chi connectivity index (χ1n) is 6.47. The lowest BCUT2D eigenvalue weighted by atomic mass is 10.1. The van der Waals surface area contributed by atoms with Gasteiger partial charge >= 0.3 is 12.0 Å². The molecule has 0 bridgehead atoms. The minimum absolute atomic E-state index is 0.0121. The SMILES string of the molecule is COc1ccc(NC(=O)NCCC(C)SC)c(C(=O)O)c1. The summed E-state index contributed by atoms with van der Waals surface area (Å²) >= 11 is 1.73. The highest BCUT2D eigenvalue weighted by atomic mass is 32.2. The number of carboxylic acid groups (broad SMARTS) is 1. The average molecular weight is 312 g/mol. The van der Waals surface area contributed by atoms with Gasteiger partial charge in [-0.1, -0.05) is 6.92 Å². The normalized spacial score (nSPS) is 11.6. The quantitative estimate of drug-likeness (QED) is 0.720. The molecule has 0 saturated heterocycles. The molecule has 0 heterocycles. The van der Waals surface area contributed by atoms with Gasteiger partial charge in [0.05, 0.1) is 18.4 Å². The minimum Gasteiger partial charge on any atom is -0.497 e. The van der Waals surface area contributed by atoms with Crippen molar-refractivity contribution in [2.45, 2.75) is 18.6 Å². The van der Waals surface area contributed by atoms with E-state index in [2.05, 4.69) is 17.6 Å². The fraction of sp³-hybridized carbons (Fsp3) is 0.429. The molecule has 3 N–H and O–H groups in total. The predicted molar refractivity (Wildman–Crippen MR) is 84.6 cm³/mol. The fourth-order valence-electron chi connectivity index (χ4n) is 1.61. The monoisotopic (exact) mass is 312 g/mol. The van der Waals surface area contributed by atoms with Crippen molar-refractivity contribution in [3.05, 3.63) is 23.8 Å². The molecule has 0 spiro atoms. The lowest BCUT2D eigenvalue weighted by Crippen LogP contribution is -2.31. The van der Waals surface area contributed by atoms with E-state index in [1.54, 1.807) is 17.8 Å². The van der Waals surface area contributed by atoms with Crippen molar-refractivity contribution in [1.29, 1.82) is 0 Å². The molecule has 0 aromatic heterocycles. The van der Waals surface area contributed by atoms with E-state index in [-0.39, 0.29) is 11.3 Å². The largest absolute Gasteiger partial charge is 0.497 e. The third-order valence-corrected chi connectivity index (χ3v) is 3.98. The Morgan fingerprint density at radius 2 is 2.14 bits per heavy atom. The number of carbonyl (C=O) groups is 2. The Morgan fingerprint density at radius 3 is 2.71 bits per heavy atom. The molecule has 0 aliphatic rings. The minimum atomic E-state index is -1.12. The van der Waals surface area contributed by atoms with Crippen molar-refractivity contribution in [2.24, 2.45) is 0 Å². The van der Waals surface area contributed by atoms with Gasteiger partial charge in [0.2, 0.25) is 0 Å². The Bertz CT molecular complexity index is 508. The first-order chi connectivity index (χ1) is 9.97. The Balaban J connectivity index is 2.65. The van der Waals surface area contributed by atoms with Crippen LogP contribution in [0.25, 0.3) is 0 Å². The van der Waals surface area contributed by atoms with Crippen LogP contribution in [0.2, 0.25) is 0 Å². The standard InChI is InChI=1S/C14H20N2O4S/c1-9(21-3)6-7-15-14(19)16-12-5-4-10(20-2)8-11(12)13(17)18/h4-5,8-9H,6-7H2,1-3H3,(H,17,18)(H2,15,16,19). The molecule has 1 aromatic rings. The molecule has 21 heavy (non-hydrogen) atoms. The Morgan fingerprint density at radius 1 is 1.43 bits per heavy atom. The number of thioether (sulfide) groups is 1. The maximum Gasteiger partial charge on any atom is 0.337 e. The zero-order valence-corrected chi connectivity index (χ0v) is 13.1. The third kappa shape index (κ3) is 5.55. The number of hydrogen-bond acceptors (Lipinski definition) is 4. The van der Waals surface area contributed by atoms with Crippen molar-refractivity contribution in [2.75, 3.05) is 25.2 Å². The highest BCUT2D eigenvalue weighted by molar-refractivity contribution is 7.99. The summed E-state index contributed by atoms with van der Waals surface area (Å²) in [5, 5.41) is 14.9. The molecular weight excluding hydrogens is 292 g/mol. The van der Waals surface area contributed by atoms with Gasteiger partial charge in [-0.05, 0) is 30.9 Å². The third-order valence-electron chi connectivity index (χ3n) is 2.94. The smallest absolute Gasteiger partial charge is 0.337 e. The van der Waals surface area contributed by atoms with Crippen LogP contribution in [0.3, 0.4) is 0 Å². The maximum atomic E-state index is 11.8. The molecule has 0 fully saturated rings. The number of urea groups is 1. The summed E-state index contributed by atoms with van der Waals surface area (Å²) in [5.74, 6) is -0.702. The van der Waals surface area contributed by atoms with Gasteiger partial charge in [0.25, 0.3) is 0 Å². The molecule has 7 heteroatoms. The van der Waals surface area contributed by atoms with Gasteiger partial charge in [-0.25, -0.2) is 9.59 Å². The van der Waals surface area contributed by atoms with Crippen molar-refractivity contribution < 1.29 is 19.4 Å². The van der Waals surface area contributed by atoms with Crippen molar-refractivity contribution in [3.8, 4) is 5.75 Å². The predicted octanol–water partition coefficient (Wildman–Crippen LogP) is 2.66. The lowest BCUT2D eigenvalue weighted by molar-refractivity contribution is 0.0697. The number of aromatic carboxylic acids is 1. The van der Waals surface area contributed by atoms with E-state index in [1.807, 2.05) is 6.26 Å². The summed E-state index contributed by atoms with van der Waals surface area (Å²) in [7, 11) is 1.45. The first-order valence-corrected chi connectivity index (χ1v) is 7.75. The lowest BCUT2D eigenvalue weighted by Gasteiger charge is -2.12. The molecule has 1 unspecified atom stereocenters. The number of carboxylic acids is 1. The number of amides is 2. The van der Waals surface area contributed by atoms with Crippen LogP contribution in [0.4, 0.5) is 10.5 Å². The second-order valence-corrected chi connectivity index (χ2v) is 5.71. The molecule has 116 valence electrons. The molecule has 0 saturated carbocycles. The summed E-state index contributed by atoms with van der Waals surface area (Å²) in [6.07, 6.45) is 2.87. The number of rotatable bonds is 7. The molecule has 1 aromatic carbocycles. The van der Waals surface area contributed by atoms with E-state index in [1.165, 1.54) is 19.2 Å². The summed E-state index contributed by atoms with van der Waals surface area (Å²) in [6, 6.07) is 4.05. The number of anilines is 1. The zero-order valence-electron chi connectivity index (χ0n) is 12.3. The van der Waals surface area contributed by atoms with Gasteiger partial charge in [0.15, 0.2) is 0 Å². The summed E-state index contributed by atoms with van der Waals surface area (Å²) in [4.78, 5) is 22.9. The molecule has 2 amide bonds. The first kappa shape index (κ1) is 17.2. The van der Waals surface area contributed by atoms with Crippen LogP contribution in [0.5, 0.6) is 5.75 Å². The summed E-state index contributed by atoms with van der Waals surface area (Å²) in [6.45, 7) is 2.61. The van der Waals surface area contributed by atoms with Crippen molar-refractivity contribution in [1.82, 2.24) is 5.32 Å². The number of benzene rings is 1. The zero-order chi connectivity index (χ0) is 15.8. The topological polar surface area (TPSA) is 87.7 Å². The van der Waals surface area contributed by atoms with E-state index in [9.17, 15) is 9.59 Å². The molecule has 6 nitrogen and oxygen atoms in total. The van der Waals surface area contributed by atoms with Crippen LogP contribution >= 0.6 is 11.8 Å². The van der Waals surface area contributed by atoms with Gasteiger partial charge in [-0.3, -0.25) is 0 Å². The molecule has 1 rings (SSSR count). The van der Waals surface area contributed by atoms with E-state index >= 15 is 0 Å². The van der Waals surface area contributed by atoms with Gasteiger partial charge in [-0.2, -0.15) is 11.8 Å². The number of hydrogen-bond donors (Lipinski definition) is 3. The Labute approximate surface area is 128 Å². The van der Waals surface area contributed by atoms with Crippen molar-refractivity contribution in [3.63, 3.8) is 0 Å². The second-order valence-electron chi connectivity index (χ2n) is 4.43.